The quantitative estimate of drug-likeness (QED) is 0.781. The van der Waals surface area contributed by atoms with Gasteiger partial charge < -0.3 is 24.7 Å². The Kier molecular flexibility index (Phi) is 6.46. The van der Waals surface area contributed by atoms with Crippen molar-refractivity contribution < 1.29 is 24.7 Å². The van der Waals surface area contributed by atoms with E-state index < -0.39 is 5.97 Å². The molecule has 0 amide bonds. The minimum Gasteiger partial charge on any atom is -0.545 e. The van der Waals surface area contributed by atoms with Crippen LogP contribution < -0.4 is 19.9 Å². The second kappa shape index (κ2) is 8.57. The molecule has 0 heterocycles. The number of halogens is 1. The third kappa shape index (κ3) is 4.63. The van der Waals surface area contributed by atoms with Gasteiger partial charge >= 0.3 is 0 Å². The van der Waals surface area contributed by atoms with Gasteiger partial charge in [0, 0.05) is 11.1 Å². The first kappa shape index (κ1) is 18.1. The van der Waals surface area contributed by atoms with Crippen LogP contribution in [0.2, 0.25) is 5.02 Å². The predicted octanol–water partition coefficient (Wildman–Crippen LogP) is 1.37. The van der Waals surface area contributed by atoms with Crippen molar-refractivity contribution in [2.75, 3.05) is 13.7 Å². The summed E-state index contributed by atoms with van der Waals surface area (Å²) in [6, 6.07) is 10.4. The molecular weight excluding hydrogens is 330 g/mol. The number of aromatic carboxylic acids is 1. The highest BCUT2D eigenvalue weighted by atomic mass is 35.5. The number of carboxylic acid groups (broad SMARTS) is 1. The summed E-state index contributed by atoms with van der Waals surface area (Å²) in [4.78, 5) is 10.7. The first-order valence-electron chi connectivity index (χ1n) is 7.66. The maximum Gasteiger partial charge on any atom is 0.179 e. The van der Waals surface area contributed by atoms with Crippen molar-refractivity contribution in [2.45, 2.75) is 20.0 Å². The Morgan fingerprint density at radius 2 is 1.83 bits per heavy atom. The Balaban J connectivity index is 1.99. The largest absolute Gasteiger partial charge is 0.545 e. The average molecular weight is 350 g/mol. The van der Waals surface area contributed by atoms with Gasteiger partial charge in [0.15, 0.2) is 11.5 Å². The molecule has 5 nitrogen and oxygen atoms in total. The highest BCUT2D eigenvalue weighted by molar-refractivity contribution is 6.32. The van der Waals surface area contributed by atoms with Gasteiger partial charge in [-0.25, -0.2) is 0 Å². The maximum absolute atomic E-state index is 10.7. The zero-order chi connectivity index (χ0) is 17.5. The van der Waals surface area contributed by atoms with Gasteiger partial charge in [-0.05, 0) is 24.6 Å². The second-order valence-electron chi connectivity index (χ2n) is 5.22. The lowest BCUT2D eigenvalue weighted by atomic mass is 10.1. The third-order valence-electron chi connectivity index (χ3n) is 3.53. The van der Waals surface area contributed by atoms with Gasteiger partial charge in [-0.1, -0.05) is 35.9 Å². The molecule has 2 rings (SSSR count). The molecule has 6 heteroatoms. The minimum atomic E-state index is -1.17. The zero-order valence-electron chi connectivity index (χ0n) is 13.7. The third-order valence-corrected chi connectivity index (χ3v) is 3.81. The van der Waals surface area contributed by atoms with Crippen LogP contribution in [0.3, 0.4) is 0 Å². The summed E-state index contributed by atoms with van der Waals surface area (Å²) >= 11 is 6.25. The smallest absolute Gasteiger partial charge is 0.179 e. The molecule has 0 aliphatic heterocycles. The van der Waals surface area contributed by atoms with Crippen LogP contribution in [0.1, 0.15) is 28.4 Å². The van der Waals surface area contributed by atoms with Crippen LogP contribution in [-0.4, -0.2) is 19.7 Å². The standard InChI is InChI=1S/C18H20ClNO4/c1-3-24-17-15(19)8-13(9-16(17)23-2)11-20-10-12-4-6-14(7-5-12)18(21)22/h4-9,20H,3,10-11H2,1-2H3,(H,21,22). The number of quaternary nitrogens is 1. The van der Waals surface area contributed by atoms with Crippen molar-refractivity contribution in [3.63, 3.8) is 0 Å². The Bertz CT molecular complexity index is 701. The first-order chi connectivity index (χ1) is 11.5. The molecule has 0 radical (unpaired) electrons. The molecule has 0 bridgehead atoms. The van der Waals surface area contributed by atoms with Crippen LogP contribution in [0.15, 0.2) is 36.4 Å². The number of methoxy groups -OCH3 is 1. The molecule has 2 N–H and O–H groups in total. The molecule has 0 aliphatic rings. The topological polar surface area (TPSA) is 75.2 Å². The number of carbonyl (C=O) groups is 1. The molecule has 0 atom stereocenters. The van der Waals surface area contributed by atoms with E-state index >= 15 is 0 Å². The summed E-state index contributed by atoms with van der Waals surface area (Å²) in [5.74, 6) is 0.0102. The maximum atomic E-state index is 10.7. The molecule has 0 saturated heterocycles. The van der Waals surface area contributed by atoms with Gasteiger partial charge in [-0.2, -0.15) is 0 Å². The van der Waals surface area contributed by atoms with Crippen LogP contribution in [0.25, 0.3) is 0 Å². The molecule has 0 aromatic heterocycles. The normalized spacial score (nSPS) is 10.5. The van der Waals surface area contributed by atoms with E-state index in [1.54, 1.807) is 31.4 Å². The summed E-state index contributed by atoms with van der Waals surface area (Å²) in [5.41, 5.74) is 2.23. The van der Waals surface area contributed by atoms with E-state index in [0.29, 0.717) is 29.7 Å². The SMILES string of the molecule is CCOc1c(Cl)cc(C[NH2+]Cc2ccc(C(=O)[O-])cc2)cc1OC. The summed E-state index contributed by atoms with van der Waals surface area (Å²) < 4.78 is 10.8. The van der Waals surface area contributed by atoms with Crippen molar-refractivity contribution in [1.29, 1.82) is 0 Å². The number of ether oxygens (including phenoxy) is 2. The predicted molar refractivity (Wildman–Crippen MR) is 89.3 cm³/mol. The van der Waals surface area contributed by atoms with Crippen molar-refractivity contribution in [2.24, 2.45) is 0 Å². The van der Waals surface area contributed by atoms with Gasteiger partial charge in [0.2, 0.25) is 0 Å². The fraction of sp³-hybridized carbons (Fsp3) is 0.278. The van der Waals surface area contributed by atoms with E-state index in [-0.39, 0.29) is 5.56 Å². The van der Waals surface area contributed by atoms with Gasteiger partial charge in [-0.15, -0.1) is 0 Å². The average Bonchev–Trinajstić information content (AvgIpc) is 2.57. The molecule has 0 fully saturated rings. The van der Waals surface area contributed by atoms with Crippen molar-refractivity contribution in [3.05, 3.63) is 58.1 Å². The lowest BCUT2D eigenvalue weighted by Gasteiger charge is -2.12. The summed E-state index contributed by atoms with van der Waals surface area (Å²) in [7, 11) is 1.58. The summed E-state index contributed by atoms with van der Waals surface area (Å²) in [6.07, 6.45) is 0. The van der Waals surface area contributed by atoms with Crippen molar-refractivity contribution in [3.8, 4) is 11.5 Å². The lowest BCUT2D eigenvalue weighted by Crippen LogP contribution is -2.80. The van der Waals surface area contributed by atoms with Crippen LogP contribution in [0, 0.1) is 0 Å². The Morgan fingerprint density at radius 1 is 1.17 bits per heavy atom. The van der Waals surface area contributed by atoms with E-state index in [4.69, 9.17) is 21.1 Å². The van der Waals surface area contributed by atoms with E-state index in [0.717, 1.165) is 17.7 Å². The first-order valence-corrected chi connectivity index (χ1v) is 8.04. The zero-order valence-corrected chi connectivity index (χ0v) is 14.4. The van der Waals surface area contributed by atoms with Crippen molar-refractivity contribution >= 4 is 17.6 Å². The monoisotopic (exact) mass is 349 g/mol. The number of benzene rings is 2. The molecule has 2 aromatic rings. The molecule has 0 spiro atoms. The molecule has 2 aromatic carbocycles. The number of nitrogens with two attached hydrogens (primary N) is 1. The molecular formula is C18H20ClNO4. The highest BCUT2D eigenvalue weighted by Gasteiger charge is 2.12. The number of hydrogen-bond donors (Lipinski definition) is 1. The van der Waals surface area contributed by atoms with E-state index in [2.05, 4.69) is 5.32 Å². The van der Waals surface area contributed by atoms with Crippen molar-refractivity contribution in [1.82, 2.24) is 0 Å². The van der Waals surface area contributed by atoms with E-state index in [1.165, 1.54) is 0 Å². The molecule has 0 saturated carbocycles. The fourth-order valence-corrected chi connectivity index (χ4v) is 2.65. The number of carboxylic acids is 1. The summed E-state index contributed by atoms with van der Waals surface area (Å²) in [5, 5.41) is 13.3. The number of carbonyl (C=O) groups excluding carboxylic acids is 1. The van der Waals surface area contributed by atoms with Crippen LogP contribution >= 0.6 is 11.6 Å². The second-order valence-corrected chi connectivity index (χ2v) is 5.63. The highest BCUT2D eigenvalue weighted by Crippen LogP contribution is 2.36. The van der Waals surface area contributed by atoms with Gasteiger partial charge in [0.25, 0.3) is 0 Å². The minimum absolute atomic E-state index is 0.182. The lowest BCUT2D eigenvalue weighted by molar-refractivity contribution is -0.686. The Labute approximate surface area is 146 Å². The van der Waals surface area contributed by atoms with Gasteiger partial charge in [0.1, 0.15) is 13.1 Å². The van der Waals surface area contributed by atoms with Gasteiger partial charge in [0.05, 0.1) is 24.7 Å². The van der Waals surface area contributed by atoms with Crippen LogP contribution in [0.5, 0.6) is 11.5 Å². The van der Waals surface area contributed by atoms with Gasteiger partial charge in [-0.3, -0.25) is 0 Å². The molecule has 0 aliphatic carbocycles. The van der Waals surface area contributed by atoms with E-state index in [9.17, 15) is 9.90 Å². The Hall–Kier alpha value is -2.24. The summed E-state index contributed by atoms with van der Waals surface area (Å²) in [6.45, 7) is 3.84. The molecule has 24 heavy (non-hydrogen) atoms. The van der Waals surface area contributed by atoms with Crippen LogP contribution in [-0.2, 0) is 13.1 Å². The van der Waals surface area contributed by atoms with E-state index in [1.807, 2.05) is 19.1 Å². The number of hydrogen-bond acceptors (Lipinski definition) is 4. The fourth-order valence-electron chi connectivity index (χ4n) is 2.36. The molecule has 128 valence electrons. The van der Waals surface area contributed by atoms with Crippen LogP contribution in [0.4, 0.5) is 0 Å². The Morgan fingerprint density at radius 3 is 2.42 bits per heavy atom. The number of rotatable bonds is 8. The molecule has 0 unspecified atom stereocenters.